The van der Waals surface area contributed by atoms with Crippen LogP contribution in [-0.2, 0) is 6.54 Å². The second-order valence-corrected chi connectivity index (χ2v) is 6.35. The Kier molecular flexibility index (Phi) is 6.39. The molecule has 6 heteroatoms. The third-order valence-electron chi connectivity index (χ3n) is 3.80. The fourth-order valence-electron chi connectivity index (χ4n) is 2.66. The maximum absolute atomic E-state index is 12.4. The lowest BCUT2D eigenvalue weighted by atomic mass is 9.87. The molecular formula is C15H20BrF2NO2. The van der Waals surface area contributed by atoms with Gasteiger partial charge in [0.15, 0.2) is 0 Å². The van der Waals surface area contributed by atoms with Crippen molar-refractivity contribution in [1.82, 2.24) is 5.32 Å². The zero-order valence-electron chi connectivity index (χ0n) is 11.7. The first-order valence-electron chi connectivity index (χ1n) is 7.16. The number of ether oxygens (including phenoxy) is 1. The first-order valence-corrected chi connectivity index (χ1v) is 7.96. The van der Waals surface area contributed by atoms with Crippen molar-refractivity contribution in [2.45, 2.75) is 44.9 Å². The van der Waals surface area contributed by atoms with Crippen LogP contribution in [0, 0.1) is 5.92 Å². The molecule has 2 rings (SSSR count). The van der Waals surface area contributed by atoms with Gasteiger partial charge in [-0.1, -0.05) is 15.9 Å². The van der Waals surface area contributed by atoms with Crippen LogP contribution in [0.3, 0.4) is 0 Å². The zero-order chi connectivity index (χ0) is 15.2. The van der Waals surface area contributed by atoms with E-state index in [2.05, 4.69) is 26.0 Å². The highest BCUT2D eigenvalue weighted by atomic mass is 79.9. The molecule has 0 atom stereocenters. The number of hydrogen-bond acceptors (Lipinski definition) is 3. The average Bonchev–Trinajstić information content (AvgIpc) is 2.43. The third kappa shape index (κ3) is 5.52. The fraction of sp³-hybridized carbons (Fsp3) is 0.600. The van der Waals surface area contributed by atoms with Crippen LogP contribution in [0.1, 0.15) is 31.2 Å². The monoisotopic (exact) mass is 363 g/mol. The standard InChI is InChI=1S/C15H20BrF2NO2/c16-12-3-6-14(21-15(17)18)11(7-12)9-19-8-10-1-4-13(20)5-2-10/h3,6-7,10,13,15,19-20H,1-2,4-5,8-9H2. The Balaban J connectivity index is 1.85. The molecule has 21 heavy (non-hydrogen) atoms. The minimum absolute atomic E-state index is 0.155. The van der Waals surface area contributed by atoms with Crippen molar-refractivity contribution < 1.29 is 18.6 Å². The number of hydrogen-bond donors (Lipinski definition) is 2. The largest absolute Gasteiger partial charge is 0.434 e. The van der Waals surface area contributed by atoms with Crippen LogP contribution in [-0.4, -0.2) is 24.4 Å². The van der Waals surface area contributed by atoms with E-state index in [9.17, 15) is 13.9 Å². The van der Waals surface area contributed by atoms with Gasteiger partial charge < -0.3 is 15.2 Å². The third-order valence-corrected chi connectivity index (χ3v) is 4.30. The Labute approximate surface area is 131 Å². The smallest absolute Gasteiger partial charge is 0.387 e. The molecule has 1 fully saturated rings. The molecule has 0 bridgehead atoms. The number of halogens is 3. The minimum atomic E-state index is -2.82. The maximum Gasteiger partial charge on any atom is 0.387 e. The van der Waals surface area contributed by atoms with Gasteiger partial charge in [-0.05, 0) is 56.3 Å². The molecule has 1 aliphatic rings. The van der Waals surface area contributed by atoms with Gasteiger partial charge in [0.05, 0.1) is 6.10 Å². The number of aliphatic hydroxyl groups excluding tert-OH is 1. The molecule has 1 aliphatic carbocycles. The van der Waals surface area contributed by atoms with Crippen LogP contribution in [0.4, 0.5) is 8.78 Å². The second-order valence-electron chi connectivity index (χ2n) is 5.44. The molecule has 1 saturated carbocycles. The fourth-order valence-corrected chi connectivity index (χ4v) is 3.07. The van der Waals surface area contributed by atoms with Gasteiger partial charge >= 0.3 is 6.61 Å². The van der Waals surface area contributed by atoms with Crippen LogP contribution in [0.2, 0.25) is 0 Å². The normalized spacial score (nSPS) is 22.5. The number of alkyl halides is 2. The van der Waals surface area contributed by atoms with Crippen LogP contribution in [0.25, 0.3) is 0 Å². The summed E-state index contributed by atoms with van der Waals surface area (Å²) >= 11 is 3.34. The van der Waals surface area contributed by atoms with Crippen molar-refractivity contribution in [1.29, 1.82) is 0 Å². The van der Waals surface area contributed by atoms with Gasteiger partial charge in [0.2, 0.25) is 0 Å². The highest BCUT2D eigenvalue weighted by Gasteiger charge is 2.19. The summed E-state index contributed by atoms with van der Waals surface area (Å²) in [4.78, 5) is 0. The molecule has 1 aromatic carbocycles. The van der Waals surface area contributed by atoms with Gasteiger partial charge in [0, 0.05) is 16.6 Å². The van der Waals surface area contributed by atoms with E-state index in [4.69, 9.17) is 0 Å². The molecule has 0 saturated heterocycles. The Morgan fingerprint density at radius 2 is 2.00 bits per heavy atom. The van der Waals surface area contributed by atoms with Crippen LogP contribution in [0.5, 0.6) is 5.75 Å². The summed E-state index contributed by atoms with van der Waals surface area (Å²) < 4.78 is 30.1. The second kappa shape index (κ2) is 8.06. The van der Waals surface area contributed by atoms with Crippen LogP contribution < -0.4 is 10.1 Å². The van der Waals surface area contributed by atoms with Crippen molar-refractivity contribution in [2.24, 2.45) is 5.92 Å². The molecule has 118 valence electrons. The number of aliphatic hydroxyl groups is 1. The average molecular weight is 364 g/mol. The Morgan fingerprint density at radius 1 is 1.29 bits per heavy atom. The van der Waals surface area contributed by atoms with Crippen molar-refractivity contribution >= 4 is 15.9 Å². The Hall–Kier alpha value is -0.720. The molecule has 3 nitrogen and oxygen atoms in total. The molecule has 0 aromatic heterocycles. The van der Waals surface area contributed by atoms with Crippen LogP contribution >= 0.6 is 15.9 Å². The molecule has 2 N–H and O–H groups in total. The van der Waals surface area contributed by atoms with Gasteiger partial charge in [-0.2, -0.15) is 8.78 Å². The van der Waals surface area contributed by atoms with E-state index in [1.807, 2.05) is 0 Å². The molecule has 0 aliphatic heterocycles. The lowest BCUT2D eigenvalue weighted by Crippen LogP contribution is -2.27. The van der Waals surface area contributed by atoms with Gasteiger partial charge in [-0.25, -0.2) is 0 Å². The van der Waals surface area contributed by atoms with E-state index in [0.29, 0.717) is 18.0 Å². The van der Waals surface area contributed by atoms with E-state index in [0.717, 1.165) is 36.7 Å². The van der Waals surface area contributed by atoms with E-state index in [-0.39, 0.29) is 11.9 Å². The van der Waals surface area contributed by atoms with Crippen molar-refractivity contribution in [3.63, 3.8) is 0 Å². The van der Waals surface area contributed by atoms with E-state index >= 15 is 0 Å². The van der Waals surface area contributed by atoms with E-state index in [1.165, 1.54) is 0 Å². The molecule has 0 amide bonds. The number of nitrogens with one attached hydrogen (secondary N) is 1. The summed E-state index contributed by atoms with van der Waals surface area (Å²) in [5, 5.41) is 12.8. The predicted molar refractivity (Wildman–Crippen MR) is 80.4 cm³/mol. The summed E-state index contributed by atoms with van der Waals surface area (Å²) in [7, 11) is 0. The van der Waals surface area contributed by atoms with Gasteiger partial charge in [-0.15, -0.1) is 0 Å². The van der Waals surface area contributed by atoms with Crippen LogP contribution in [0.15, 0.2) is 22.7 Å². The lowest BCUT2D eigenvalue weighted by molar-refractivity contribution is -0.0505. The molecule has 1 aromatic rings. The van der Waals surface area contributed by atoms with E-state index < -0.39 is 6.61 Å². The van der Waals surface area contributed by atoms with Gasteiger partial charge in [-0.3, -0.25) is 0 Å². The summed E-state index contributed by atoms with van der Waals surface area (Å²) in [5.41, 5.74) is 0.709. The number of rotatable bonds is 6. The molecule has 0 unspecified atom stereocenters. The number of benzene rings is 1. The highest BCUT2D eigenvalue weighted by molar-refractivity contribution is 9.10. The predicted octanol–water partition coefficient (Wildman–Crippen LogP) is 3.69. The van der Waals surface area contributed by atoms with Gasteiger partial charge in [0.1, 0.15) is 5.75 Å². The molecule has 0 spiro atoms. The summed E-state index contributed by atoms with van der Waals surface area (Å²) in [6, 6.07) is 5.02. The molecular weight excluding hydrogens is 344 g/mol. The molecule has 0 radical (unpaired) electrons. The summed E-state index contributed by atoms with van der Waals surface area (Å²) in [5.74, 6) is 0.750. The Bertz CT molecular complexity index is 451. The highest BCUT2D eigenvalue weighted by Crippen LogP contribution is 2.26. The molecule has 0 heterocycles. The van der Waals surface area contributed by atoms with Gasteiger partial charge in [0.25, 0.3) is 0 Å². The summed E-state index contributed by atoms with van der Waals surface area (Å²) in [6.07, 6.45) is 3.56. The van der Waals surface area contributed by atoms with Crippen molar-refractivity contribution in [3.05, 3.63) is 28.2 Å². The minimum Gasteiger partial charge on any atom is -0.434 e. The maximum atomic E-state index is 12.4. The Morgan fingerprint density at radius 3 is 2.67 bits per heavy atom. The topological polar surface area (TPSA) is 41.5 Å². The first-order chi connectivity index (χ1) is 10.0. The lowest BCUT2D eigenvalue weighted by Gasteiger charge is -2.25. The van der Waals surface area contributed by atoms with Crippen molar-refractivity contribution in [2.75, 3.05) is 6.54 Å². The quantitative estimate of drug-likeness (QED) is 0.809. The first kappa shape index (κ1) is 16.6. The summed E-state index contributed by atoms with van der Waals surface area (Å²) in [6.45, 7) is -1.50. The van der Waals surface area contributed by atoms with Crippen molar-refractivity contribution in [3.8, 4) is 5.75 Å². The zero-order valence-corrected chi connectivity index (χ0v) is 13.3. The van der Waals surface area contributed by atoms with E-state index in [1.54, 1.807) is 18.2 Å². The SMILES string of the molecule is OC1CCC(CNCc2cc(Br)ccc2OC(F)F)CC1.